The molecule has 27 heavy (non-hydrogen) atoms. The Hall–Kier alpha value is -2.25. The molecule has 0 aliphatic carbocycles. The molecule has 1 heterocycles. The van der Waals surface area contributed by atoms with E-state index >= 15 is 0 Å². The van der Waals surface area contributed by atoms with Gasteiger partial charge in [-0.05, 0) is 42.8 Å². The molecule has 0 radical (unpaired) electrons. The van der Waals surface area contributed by atoms with Crippen molar-refractivity contribution < 1.29 is 22.7 Å². The summed E-state index contributed by atoms with van der Waals surface area (Å²) < 4.78 is 36.1. The van der Waals surface area contributed by atoms with E-state index in [1.807, 2.05) is 0 Å². The fourth-order valence-corrected chi connectivity index (χ4v) is 4.91. The minimum Gasteiger partial charge on any atom is -0.497 e. The van der Waals surface area contributed by atoms with E-state index in [0.717, 1.165) is 0 Å². The zero-order valence-corrected chi connectivity index (χ0v) is 16.6. The second-order valence-electron chi connectivity index (χ2n) is 6.26. The van der Waals surface area contributed by atoms with Crippen molar-refractivity contribution in [1.82, 2.24) is 4.90 Å². The van der Waals surface area contributed by atoms with E-state index in [1.165, 1.54) is 26.4 Å². The van der Waals surface area contributed by atoms with Crippen molar-refractivity contribution in [1.29, 1.82) is 0 Å². The number of hydrogen-bond donors (Lipinski definition) is 0. The van der Waals surface area contributed by atoms with Crippen molar-refractivity contribution in [2.75, 3.05) is 27.3 Å². The number of ether oxygens (including phenoxy) is 2. The molecule has 1 amide bonds. The van der Waals surface area contributed by atoms with Crippen LogP contribution in [0.5, 0.6) is 11.5 Å². The summed E-state index contributed by atoms with van der Waals surface area (Å²) in [6.45, 7) is 0.513. The molecule has 0 spiro atoms. The Kier molecular flexibility index (Phi) is 5.62. The SMILES string of the molecule is COc1cc(OC)cc(C(=O)N2CCC(S(=O)(=O)c3ccc(Cl)cc3)C2)c1. The van der Waals surface area contributed by atoms with Crippen molar-refractivity contribution in [3.05, 3.63) is 53.1 Å². The average Bonchev–Trinajstić information content (AvgIpc) is 3.18. The van der Waals surface area contributed by atoms with Crippen molar-refractivity contribution in [3.63, 3.8) is 0 Å². The second kappa shape index (κ2) is 7.78. The minimum atomic E-state index is -3.53. The molecule has 0 aromatic heterocycles. The number of rotatable bonds is 5. The highest BCUT2D eigenvalue weighted by Gasteiger charge is 2.36. The van der Waals surface area contributed by atoms with Gasteiger partial charge in [0.15, 0.2) is 9.84 Å². The molecule has 0 bridgehead atoms. The maximum absolute atomic E-state index is 12.8. The van der Waals surface area contributed by atoms with Crippen LogP contribution >= 0.6 is 11.6 Å². The van der Waals surface area contributed by atoms with Gasteiger partial charge < -0.3 is 14.4 Å². The van der Waals surface area contributed by atoms with Crippen LogP contribution in [0.1, 0.15) is 16.8 Å². The molecular weight excluding hydrogens is 390 g/mol. The van der Waals surface area contributed by atoms with E-state index in [1.54, 1.807) is 35.2 Å². The lowest BCUT2D eigenvalue weighted by Gasteiger charge is -2.18. The molecule has 1 atom stereocenters. The van der Waals surface area contributed by atoms with Crippen molar-refractivity contribution in [3.8, 4) is 11.5 Å². The first-order chi connectivity index (χ1) is 12.8. The molecule has 8 heteroatoms. The molecule has 2 aromatic rings. The summed E-state index contributed by atoms with van der Waals surface area (Å²) in [6.07, 6.45) is 0.387. The van der Waals surface area contributed by atoms with E-state index in [4.69, 9.17) is 21.1 Å². The fraction of sp³-hybridized carbons (Fsp3) is 0.316. The van der Waals surface area contributed by atoms with Crippen molar-refractivity contribution in [2.45, 2.75) is 16.6 Å². The number of sulfone groups is 1. The smallest absolute Gasteiger partial charge is 0.254 e. The summed E-state index contributed by atoms with van der Waals surface area (Å²) in [6, 6.07) is 11.0. The van der Waals surface area contributed by atoms with Gasteiger partial charge in [0.1, 0.15) is 11.5 Å². The van der Waals surface area contributed by atoms with Gasteiger partial charge in [-0.2, -0.15) is 0 Å². The van der Waals surface area contributed by atoms with Gasteiger partial charge in [0.05, 0.1) is 24.4 Å². The molecule has 1 fully saturated rings. The van der Waals surface area contributed by atoms with Crippen LogP contribution in [0.2, 0.25) is 5.02 Å². The van der Waals surface area contributed by atoms with E-state index < -0.39 is 15.1 Å². The first-order valence-electron chi connectivity index (χ1n) is 8.37. The highest BCUT2D eigenvalue weighted by Crippen LogP contribution is 2.28. The molecule has 6 nitrogen and oxygen atoms in total. The van der Waals surface area contributed by atoms with Crippen LogP contribution in [0.3, 0.4) is 0 Å². The third-order valence-corrected chi connectivity index (χ3v) is 7.06. The van der Waals surface area contributed by atoms with Gasteiger partial charge in [0.25, 0.3) is 5.91 Å². The molecule has 1 unspecified atom stereocenters. The Morgan fingerprint density at radius 2 is 1.67 bits per heavy atom. The van der Waals surface area contributed by atoms with Gasteiger partial charge in [-0.1, -0.05) is 11.6 Å². The quantitative estimate of drug-likeness (QED) is 0.758. The zero-order valence-electron chi connectivity index (χ0n) is 15.0. The number of amides is 1. The summed E-state index contributed by atoms with van der Waals surface area (Å²) in [5.41, 5.74) is 0.399. The monoisotopic (exact) mass is 409 g/mol. The molecule has 1 saturated heterocycles. The van der Waals surface area contributed by atoms with Crippen LogP contribution in [-0.2, 0) is 9.84 Å². The van der Waals surface area contributed by atoms with Crippen LogP contribution in [0.25, 0.3) is 0 Å². The predicted octanol–water partition coefficient (Wildman–Crippen LogP) is 3.05. The van der Waals surface area contributed by atoms with Gasteiger partial charge in [-0.15, -0.1) is 0 Å². The Balaban J connectivity index is 1.79. The Labute approximate surface area is 163 Å². The summed E-state index contributed by atoms with van der Waals surface area (Å²) in [5.74, 6) is 0.755. The van der Waals surface area contributed by atoms with E-state index in [-0.39, 0.29) is 17.3 Å². The lowest BCUT2D eigenvalue weighted by atomic mass is 10.1. The number of benzene rings is 2. The van der Waals surface area contributed by atoms with E-state index in [0.29, 0.717) is 35.1 Å². The van der Waals surface area contributed by atoms with Gasteiger partial charge in [-0.25, -0.2) is 8.42 Å². The molecule has 1 aliphatic heterocycles. The maximum atomic E-state index is 12.8. The second-order valence-corrected chi connectivity index (χ2v) is 8.93. The van der Waals surface area contributed by atoms with E-state index in [2.05, 4.69) is 0 Å². The highest BCUT2D eigenvalue weighted by atomic mass is 35.5. The minimum absolute atomic E-state index is 0.142. The summed E-state index contributed by atoms with van der Waals surface area (Å²) in [5, 5.41) is -0.167. The third kappa shape index (κ3) is 4.04. The average molecular weight is 410 g/mol. The molecule has 0 N–H and O–H groups in total. The first-order valence-corrected chi connectivity index (χ1v) is 10.3. The van der Waals surface area contributed by atoms with Crippen LogP contribution in [0.4, 0.5) is 0 Å². The number of carbonyl (C=O) groups excluding carboxylic acids is 1. The number of carbonyl (C=O) groups is 1. The van der Waals surface area contributed by atoms with E-state index in [9.17, 15) is 13.2 Å². The number of halogens is 1. The number of hydrogen-bond acceptors (Lipinski definition) is 5. The molecular formula is C19H20ClNO5S. The largest absolute Gasteiger partial charge is 0.497 e. The molecule has 0 saturated carbocycles. The van der Waals surface area contributed by atoms with Crippen molar-refractivity contribution in [2.24, 2.45) is 0 Å². The summed E-state index contributed by atoms with van der Waals surface area (Å²) in [4.78, 5) is 14.6. The van der Waals surface area contributed by atoms with Gasteiger partial charge in [0, 0.05) is 29.7 Å². The normalized spacial score (nSPS) is 17.0. The molecule has 1 aliphatic rings. The summed E-state index contributed by atoms with van der Waals surface area (Å²) >= 11 is 5.84. The highest BCUT2D eigenvalue weighted by molar-refractivity contribution is 7.92. The Bertz CT molecular complexity index is 921. The summed E-state index contributed by atoms with van der Waals surface area (Å²) in [7, 11) is -0.517. The van der Waals surface area contributed by atoms with Crippen LogP contribution < -0.4 is 9.47 Å². The Morgan fingerprint density at radius 1 is 1.07 bits per heavy atom. The standard InChI is InChI=1S/C19H20ClNO5S/c1-25-15-9-13(10-16(11-15)26-2)19(22)21-8-7-18(12-21)27(23,24)17-5-3-14(20)4-6-17/h3-6,9-11,18H,7-8,12H2,1-2H3. The number of likely N-dealkylation sites (tertiary alicyclic amines) is 1. The maximum Gasteiger partial charge on any atom is 0.254 e. The molecule has 3 rings (SSSR count). The van der Waals surface area contributed by atoms with Crippen LogP contribution in [0.15, 0.2) is 47.4 Å². The van der Waals surface area contributed by atoms with Gasteiger partial charge in [0.2, 0.25) is 0 Å². The third-order valence-electron chi connectivity index (χ3n) is 4.61. The van der Waals surface area contributed by atoms with Crippen LogP contribution in [0, 0.1) is 0 Å². The predicted molar refractivity (Wildman–Crippen MR) is 102 cm³/mol. The fourth-order valence-electron chi connectivity index (χ4n) is 3.10. The molecule has 144 valence electrons. The zero-order chi connectivity index (χ0) is 19.6. The van der Waals surface area contributed by atoms with Crippen molar-refractivity contribution >= 4 is 27.3 Å². The lowest BCUT2D eigenvalue weighted by molar-refractivity contribution is 0.0792. The van der Waals surface area contributed by atoms with Crippen LogP contribution in [-0.4, -0.2) is 51.8 Å². The topological polar surface area (TPSA) is 72.9 Å². The first kappa shape index (κ1) is 19.5. The Morgan fingerprint density at radius 3 is 2.22 bits per heavy atom. The number of nitrogens with zero attached hydrogens (tertiary/aromatic N) is 1. The lowest BCUT2D eigenvalue weighted by Crippen LogP contribution is -2.32. The molecule has 2 aromatic carbocycles. The van der Waals surface area contributed by atoms with Gasteiger partial charge >= 0.3 is 0 Å². The number of methoxy groups -OCH3 is 2. The van der Waals surface area contributed by atoms with Gasteiger partial charge in [-0.3, -0.25) is 4.79 Å².